The first kappa shape index (κ1) is 10.8. The molecular formula is C11H18N2O. The summed E-state index contributed by atoms with van der Waals surface area (Å²) in [6.45, 7) is 8.24. The van der Waals surface area contributed by atoms with Gasteiger partial charge in [0.15, 0.2) is 0 Å². The van der Waals surface area contributed by atoms with Crippen molar-refractivity contribution in [1.82, 2.24) is 4.98 Å². The number of nitrogen functional groups attached to an aromatic ring is 1. The summed E-state index contributed by atoms with van der Waals surface area (Å²) in [6, 6.07) is 1.87. The molecule has 3 nitrogen and oxygen atoms in total. The van der Waals surface area contributed by atoms with Crippen molar-refractivity contribution in [2.75, 3.05) is 5.73 Å². The van der Waals surface area contributed by atoms with Crippen LogP contribution in [0.4, 0.5) is 5.69 Å². The number of nitrogens with zero attached hydrogens (tertiary/aromatic N) is 1. The van der Waals surface area contributed by atoms with Crippen molar-refractivity contribution < 1.29 is 4.74 Å². The smallest absolute Gasteiger partial charge is 0.216 e. The second-order valence-corrected chi connectivity index (χ2v) is 3.96. The number of aromatic nitrogens is 1. The van der Waals surface area contributed by atoms with Crippen LogP contribution in [-0.2, 0) is 0 Å². The summed E-state index contributed by atoms with van der Waals surface area (Å²) in [5.74, 6) is 1.16. The summed E-state index contributed by atoms with van der Waals surface area (Å²) >= 11 is 0. The molecule has 0 saturated heterocycles. The van der Waals surface area contributed by atoms with Crippen LogP contribution in [0, 0.1) is 12.8 Å². The van der Waals surface area contributed by atoms with Gasteiger partial charge in [0.1, 0.15) is 0 Å². The first-order chi connectivity index (χ1) is 6.50. The lowest BCUT2D eigenvalue weighted by molar-refractivity contribution is 0.162. The van der Waals surface area contributed by atoms with Gasteiger partial charge < -0.3 is 10.5 Å². The number of hydrogen-bond donors (Lipinski definition) is 1. The van der Waals surface area contributed by atoms with Gasteiger partial charge in [-0.2, -0.15) is 0 Å². The second-order valence-electron chi connectivity index (χ2n) is 3.96. The van der Waals surface area contributed by atoms with Gasteiger partial charge in [0.25, 0.3) is 0 Å². The van der Waals surface area contributed by atoms with E-state index in [1.54, 1.807) is 6.20 Å². The fraction of sp³-hybridized carbons (Fsp3) is 0.545. The fourth-order valence-corrected chi connectivity index (χ4v) is 1.02. The van der Waals surface area contributed by atoms with Crippen molar-refractivity contribution in [3.63, 3.8) is 0 Å². The highest BCUT2D eigenvalue weighted by molar-refractivity contribution is 5.41. The van der Waals surface area contributed by atoms with Crippen molar-refractivity contribution in [3.05, 3.63) is 17.8 Å². The van der Waals surface area contributed by atoms with Crippen LogP contribution < -0.4 is 10.5 Å². The molecule has 1 rings (SSSR count). The monoisotopic (exact) mass is 194 g/mol. The van der Waals surface area contributed by atoms with E-state index >= 15 is 0 Å². The van der Waals surface area contributed by atoms with Crippen LogP contribution in [0.5, 0.6) is 5.88 Å². The normalized spacial score (nSPS) is 12.9. The molecule has 1 aromatic rings. The molecule has 2 N–H and O–H groups in total. The fourth-order valence-electron chi connectivity index (χ4n) is 1.02. The average molecular weight is 194 g/mol. The standard InChI is InChI=1S/C11H18N2O/c1-7(2)9(4)14-11-8(3)5-10(12)6-13-11/h5-7,9H,12H2,1-4H3. The second kappa shape index (κ2) is 4.31. The number of aryl methyl sites for hydroxylation is 1. The third kappa shape index (κ3) is 2.62. The van der Waals surface area contributed by atoms with Crippen molar-refractivity contribution in [2.24, 2.45) is 5.92 Å². The van der Waals surface area contributed by atoms with Crippen molar-refractivity contribution in [1.29, 1.82) is 0 Å². The van der Waals surface area contributed by atoms with Gasteiger partial charge in [-0.1, -0.05) is 13.8 Å². The largest absolute Gasteiger partial charge is 0.474 e. The van der Waals surface area contributed by atoms with E-state index in [2.05, 4.69) is 18.8 Å². The van der Waals surface area contributed by atoms with E-state index in [1.807, 2.05) is 19.9 Å². The number of pyridine rings is 1. The SMILES string of the molecule is Cc1cc(N)cnc1OC(C)C(C)C. The van der Waals surface area contributed by atoms with Crippen LogP contribution in [0.3, 0.4) is 0 Å². The van der Waals surface area contributed by atoms with Crippen LogP contribution >= 0.6 is 0 Å². The Bertz CT molecular complexity index is 310. The maximum Gasteiger partial charge on any atom is 0.216 e. The summed E-state index contributed by atoms with van der Waals surface area (Å²) in [5, 5.41) is 0. The quantitative estimate of drug-likeness (QED) is 0.803. The lowest BCUT2D eigenvalue weighted by Crippen LogP contribution is -2.19. The number of ether oxygens (including phenoxy) is 1. The lowest BCUT2D eigenvalue weighted by atomic mass is 10.1. The maximum absolute atomic E-state index is 5.69. The molecule has 0 aliphatic heterocycles. The summed E-state index contributed by atoms with van der Waals surface area (Å²) in [6.07, 6.45) is 1.79. The van der Waals surface area contributed by atoms with Gasteiger partial charge in [0.05, 0.1) is 18.0 Å². The molecule has 3 heteroatoms. The molecular weight excluding hydrogens is 176 g/mol. The summed E-state index contributed by atoms with van der Waals surface area (Å²) in [4.78, 5) is 4.15. The molecule has 0 amide bonds. The Morgan fingerprint density at radius 3 is 2.50 bits per heavy atom. The minimum atomic E-state index is 0.171. The number of nitrogens with two attached hydrogens (primary N) is 1. The molecule has 1 aromatic heterocycles. The Kier molecular flexibility index (Phi) is 3.33. The van der Waals surface area contributed by atoms with E-state index in [0.29, 0.717) is 17.5 Å². The molecule has 0 aliphatic carbocycles. The zero-order valence-electron chi connectivity index (χ0n) is 9.24. The first-order valence-corrected chi connectivity index (χ1v) is 4.89. The van der Waals surface area contributed by atoms with Gasteiger partial charge in [-0.15, -0.1) is 0 Å². The van der Waals surface area contributed by atoms with Crippen LogP contribution in [0.15, 0.2) is 12.3 Å². The Hall–Kier alpha value is -1.25. The summed E-state index contributed by atoms with van der Waals surface area (Å²) in [5.41, 5.74) is 7.26. The van der Waals surface area contributed by atoms with E-state index in [4.69, 9.17) is 10.5 Å². The highest BCUT2D eigenvalue weighted by atomic mass is 16.5. The van der Waals surface area contributed by atoms with Gasteiger partial charge in [0, 0.05) is 5.56 Å². The van der Waals surface area contributed by atoms with E-state index in [0.717, 1.165) is 5.56 Å². The van der Waals surface area contributed by atoms with E-state index < -0.39 is 0 Å². The van der Waals surface area contributed by atoms with Gasteiger partial charge in [-0.25, -0.2) is 4.98 Å². The molecule has 78 valence electrons. The van der Waals surface area contributed by atoms with Gasteiger partial charge >= 0.3 is 0 Å². The van der Waals surface area contributed by atoms with E-state index in [9.17, 15) is 0 Å². The van der Waals surface area contributed by atoms with Crippen molar-refractivity contribution in [2.45, 2.75) is 33.8 Å². The molecule has 1 unspecified atom stereocenters. The maximum atomic E-state index is 5.69. The molecule has 1 atom stereocenters. The lowest BCUT2D eigenvalue weighted by Gasteiger charge is -2.18. The minimum absolute atomic E-state index is 0.171. The number of hydrogen-bond acceptors (Lipinski definition) is 3. The highest BCUT2D eigenvalue weighted by Gasteiger charge is 2.11. The van der Waals surface area contributed by atoms with E-state index in [-0.39, 0.29) is 6.10 Å². The Morgan fingerprint density at radius 2 is 2.00 bits per heavy atom. The summed E-state index contributed by atoms with van der Waals surface area (Å²) < 4.78 is 5.69. The third-order valence-corrected chi connectivity index (χ3v) is 2.29. The average Bonchev–Trinajstić information content (AvgIpc) is 2.09. The molecule has 14 heavy (non-hydrogen) atoms. The minimum Gasteiger partial charge on any atom is -0.474 e. The van der Waals surface area contributed by atoms with Crippen LogP contribution in [0.1, 0.15) is 26.3 Å². The highest BCUT2D eigenvalue weighted by Crippen LogP contribution is 2.19. The van der Waals surface area contributed by atoms with Crippen molar-refractivity contribution >= 4 is 5.69 Å². The Balaban J connectivity index is 2.77. The Morgan fingerprint density at radius 1 is 1.36 bits per heavy atom. The first-order valence-electron chi connectivity index (χ1n) is 4.89. The number of rotatable bonds is 3. The van der Waals surface area contributed by atoms with Crippen LogP contribution in [0.25, 0.3) is 0 Å². The van der Waals surface area contributed by atoms with Crippen molar-refractivity contribution in [3.8, 4) is 5.88 Å². The van der Waals surface area contributed by atoms with Crippen LogP contribution in [-0.4, -0.2) is 11.1 Å². The Labute approximate surface area is 85.3 Å². The molecule has 0 fully saturated rings. The zero-order chi connectivity index (χ0) is 10.7. The molecule has 0 radical (unpaired) electrons. The van der Waals surface area contributed by atoms with Gasteiger partial charge in [-0.05, 0) is 25.8 Å². The molecule has 0 bridgehead atoms. The molecule has 0 aliphatic rings. The van der Waals surface area contributed by atoms with E-state index in [1.165, 1.54) is 0 Å². The summed E-state index contributed by atoms with van der Waals surface area (Å²) in [7, 11) is 0. The third-order valence-electron chi connectivity index (χ3n) is 2.29. The van der Waals surface area contributed by atoms with Crippen LogP contribution in [0.2, 0.25) is 0 Å². The van der Waals surface area contributed by atoms with Gasteiger partial charge in [-0.3, -0.25) is 0 Å². The molecule has 0 saturated carbocycles. The molecule has 0 aromatic carbocycles. The van der Waals surface area contributed by atoms with Gasteiger partial charge in [0.2, 0.25) is 5.88 Å². The number of anilines is 1. The zero-order valence-corrected chi connectivity index (χ0v) is 9.24. The topological polar surface area (TPSA) is 48.1 Å². The predicted octanol–water partition coefficient (Wildman–Crippen LogP) is 2.40. The molecule has 0 spiro atoms. The predicted molar refractivity (Wildman–Crippen MR) is 58.3 cm³/mol. The molecule has 1 heterocycles.